The lowest BCUT2D eigenvalue weighted by Gasteiger charge is -2.38. The molecule has 1 aliphatic heterocycles. The zero-order valence-corrected chi connectivity index (χ0v) is 11.7. The van der Waals surface area contributed by atoms with E-state index in [1.165, 1.54) is 6.39 Å². The second kappa shape index (κ2) is 4.49. The van der Waals surface area contributed by atoms with Gasteiger partial charge in [0.2, 0.25) is 0 Å². The number of rotatable bonds is 2. The highest BCUT2D eigenvalue weighted by molar-refractivity contribution is 6.01. The molecule has 1 atom stereocenters. The Hall–Kier alpha value is -2.08. The van der Waals surface area contributed by atoms with Crippen LogP contribution in [0.2, 0.25) is 0 Å². The van der Waals surface area contributed by atoms with E-state index in [1.807, 2.05) is 19.9 Å². The molecule has 0 saturated heterocycles. The molecule has 6 nitrogen and oxygen atoms in total. The fourth-order valence-electron chi connectivity index (χ4n) is 2.62. The Morgan fingerprint density at radius 1 is 1.45 bits per heavy atom. The van der Waals surface area contributed by atoms with Crippen molar-refractivity contribution in [2.75, 3.05) is 7.11 Å². The standard InChI is InChI=1S/C14H17N3O3/c1-14(2)16-10-5-11(19-3)9(12-6-15-7-20-12)4-8(10)13(18)17-14/h4,6-7,11,16H,5H2,1-3H3,(H,17,18). The SMILES string of the molecule is COC1CC2=C(C=C1c1cnco1)C(=O)NC(C)(C)N2. The Balaban J connectivity index is 2.04. The van der Waals surface area contributed by atoms with Gasteiger partial charge < -0.3 is 19.8 Å². The first-order chi connectivity index (χ1) is 9.50. The number of amides is 1. The van der Waals surface area contributed by atoms with Crippen molar-refractivity contribution in [1.82, 2.24) is 15.6 Å². The van der Waals surface area contributed by atoms with E-state index in [0.29, 0.717) is 17.8 Å². The maximum atomic E-state index is 12.2. The van der Waals surface area contributed by atoms with Gasteiger partial charge in [0.05, 0.1) is 17.9 Å². The molecule has 2 aliphatic rings. The van der Waals surface area contributed by atoms with Crippen molar-refractivity contribution in [3.05, 3.63) is 35.7 Å². The fraction of sp³-hybridized carbons (Fsp3) is 0.429. The van der Waals surface area contributed by atoms with E-state index in [2.05, 4.69) is 15.6 Å². The van der Waals surface area contributed by atoms with Crippen LogP contribution in [0.3, 0.4) is 0 Å². The predicted octanol–water partition coefficient (Wildman–Crippen LogP) is 1.19. The molecule has 1 aromatic heterocycles. The molecule has 1 aliphatic carbocycles. The summed E-state index contributed by atoms with van der Waals surface area (Å²) in [5, 5.41) is 6.25. The van der Waals surface area contributed by atoms with E-state index >= 15 is 0 Å². The third kappa shape index (κ3) is 2.12. The molecule has 2 N–H and O–H groups in total. The van der Waals surface area contributed by atoms with E-state index in [-0.39, 0.29) is 12.0 Å². The number of methoxy groups -OCH3 is 1. The second-order valence-corrected chi connectivity index (χ2v) is 5.49. The lowest BCUT2D eigenvalue weighted by molar-refractivity contribution is -0.119. The van der Waals surface area contributed by atoms with Gasteiger partial charge in [-0.15, -0.1) is 0 Å². The summed E-state index contributed by atoms with van der Waals surface area (Å²) >= 11 is 0. The molecule has 106 valence electrons. The third-order valence-electron chi connectivity index (χ3n) is 3.50. The first-order valence-corrected chi connectivity index (χ1v) is 6.47. The van der Waals surface area contributed by atoms with Gasteiger partial charge in [0.25, 0.3) is 5.91 Å². The minimum absolute atomic E-state index is 0.0877. The van der Waals surface area contributed by atoms with Crippen LogP contribution in [0.5, 0.6) is 0 Å². The summed E-state index contributed by atoms with van der Waals surface area (Å²) in [6.45, 7) is 3.85. The Labute approximate surface area is 116 Å². The summed E-state index contributed by atoms with van der Waals surface area (Å²) in [7, 11) is 1.65. The van der Waals surface area contributed by atoms with Crippen LogP contribution in [0.25, 0.3) is 5.57 Å². The predicted molar refractivity (Wildman–Crippen MR) is 72.3 cm³/mol. The topological polar surface area (TPSA) is 76.4 Å². The lowest BCUT2D eigenvalue weighted by Crippen LogP contribution is -2.58. The van der Waals surface area contributed by atoms with Crippen molar-refractivity contribution in [2.24, 2.45) is 0 Å². The summed E-state index contributed by atoms with van der Waals surface area (Å²) in [4.78, 5) is 16.1. The number of nitrogens with zero attached hydrogens (tertiary/aromatic N) is 1. The monoisotopic (exact) mass is 275 g/mol. The zero-order chi connectivity index (χ0) is 14.3. The van der Waals surface area contributed by atoms with Crippen LogP contribution < -0.4 is 10.6 Å². The van der Waals surface area contributed by atoms with E-state index in [0.717, 1.165) is 11.3 Å². The molecule has 0 aromatic carbocycles. The number of carbonyl (C=O) groups is 1. The van der Waals surface area contributed by atoms with Gasteiger partial charge in [-0.2, -0.15) is 0 Å². The molecule has 3 rings (SSSR count). The maximum Gasteiger partial charge on any atom is 0.254 e. The van der Waals surface area contributed by atoms with Crippen molar-refractivity contribution in [3.8, 4) is 0 Å². The van der Waals surface area contributed by atoms with Crippen molar-refractivity contribution in [2.45, 2.75) is 32.0 Å². The summed E-state index contributed by atoms with van der Waals surface area (Å²) in [5.41, 5.74) is 1.91. The molecule has 0 fully saturated rings. The van der Waals surface area contributed by atoms with Crippen molar-refractivity contribution >= 4 is 11.5 Å². The quantitative estimate of drug-likeness (QED) is 0.847. The minimum Gasteiger partial charge on any atom is -0.444 e. The minimum atomic E-state index is -0.453. The number of hydrogen-bond donors (Lipinski definition) is 2. The van der Waals surface area contributed by atoms with E-state index < -0.39 is 5.66 Å². The summed E-state index contributed by atoms with van der Waals surface area (Å²) in [6.07, 6.45) is 5.26. The molecule has 0 radical (unpaired) electrons. The van der Waals surface area contributed by atoms with Crippen LogP contribution in [0.4, 0.5) is 0 Å². The Morgan fingerprint density at radius 3 is 2.90 bits per heavy atom. The first kappa shape index (κ1) is 12.9. The molecule has 6 heteroatoms. The maximum absolute atomic E-state index is 12.2. The van der Waals surface area contributed by atoms with E-state index in [4.69, 9.17) is 9.15 Å². The van der Waals surface area contributed by atoms with Gasteiger partial charge >= 0.3 is 0 Å². The smallest absolute Gasteiger partial charge is 0.254 e. The average Bonchev–Trinajstić information content (AvgIpc) is 2.89. The Kier molecular flexibility index (Phi) is 2.90. The van der Waals surface area contributed by atoms with Crippen molar-refractivity contribution in [3.63, 3.8) is 0 Å². The van der Waals surface area contributed by atoms with Crippen LogP contribution in [-0.2, 0) is 9.53 Å². The van der Waals surface area contributed by atoms with Crippen LogP contribution >= 0.6 is 0 Å². The van der Waals surface area contributed by atoms with E-state index in [9.17, 15) is 4.79 Å². The largest absolute Gasteiger partial charge is 0.444 e. The average molecular weight is 275 g/mol. The Morgan fingerprint density at radius 2 is 2.25 bits per heavy atom. The van der Waals surface area contributed by atoms with Crippen molar-refractivity contribution in [1.29, 1.82) is 0 Å². The summed E-state index contributed by atoms with van der Waals surface area (Å²) in [6, 6.07) is 0. The summed E-state index contributed by atoms with van der Waals surface area (Å²) < 4.78 is 10.8. The molecule has 20 heavy (non-hydrogen) atoms. The lowest BCUT2D eigenvalue weighted by atomic mass is 9.89. The molecule has 0 saturated carbocycles. The van der Waals surface area contributed by atoms with Gasteiger partial charge in [-0.05, 0) is 19.9 Å². The van der Waals surface area contributed by atoms with Gasteiger partial charge in [-0.25, -0.2) is 4.98 Å². The number of ether oxygens (including phenoxy) is 1. The normalized spacial score (nSPS) is 24.6. The molecule has 2 heterocycles. The fourth-order valence-corrected chi connectivity index (χ4v) is 2.62. The molecular weight excluding hydrogens is 258 g/mol. The summed E-state index contributed by atoms with van der Waals surface area (Å²) in [5.74, 6) is 0.538. The molecular formula is C14H17N3O3. The number of nitrogens with one attached hydrogen (secondary N) is 2. The second-order valence-electron chi connectivity index (χ2n) is 5.49. The van der Waals surface area contributed by atoms with Crippen molar-refractivity contribution < 1.29 is 13.9 Å². The third-order valence-corrected chi connectivity index (χ3v) is 3.50. The van der Waals surface area contributed by atoms with E-state index in [1.54, 1.807) is 13.3 Å². The number of aromatic nitrogens is 1. The van der Waals surface area contributed by atoms with Crippen LogP contribution in [-0.4, -0.2) is 29.8 Å². The van der Waals surface area contributed by atoms with Gasteiger partial charge in [0, 0.05) is 24.8 Å². The number of hydrogen-bond acceptors (Lipinski definition) is 5. The van der Waals surface area contributed by atoms with Crippen LogP contribution in [0.1, 0.15) is 26.0 Å². The first-order valence-electron chi connectivity index (χ1n) is 6.47. The highest BCUT2D eigenvalue weighted by Crippen LogP contribution is 2.33. The van der Waals surface area contributed by atoms with Gasteiger partial charge in [0.15, 0.2) is 12.2 Å². The zero-order valence-electron chi connectivity index (χ0n) is 11.7. The highest BCUT2D eigenvalue weighted by atomic mass is 16.5. The molecule has 1 unspecified atom stereocenters. The van der Waals surface area contributed by atoms with Gasteiger partial charge in [-0.3, -0.25) is 4.79 Å². The number of carbonyl (C=O) groups excluding carboxylic acids is 1. The molecule has 0 bridgehead atoms. The highest BCUT2D eigenvalue weighted by Gasteiger charge is 2.36. The Bertz CT molecular complexity index is 599. The van der Waals surface area contributed by atoms with Crippen LogP contribution in [0, 0.1) is 0 Å². The number of oxazole rings is 1. The molecule has 0 spiro atoms. The van der Waals surface area contributed by atoms with Crippen LogP contribution in [0.15, 0.2) is 34.4 Å². The molecule has 1 amide bonds. The van der Waals surface area contributed by atoms with Gasteiger partial charge in [0.1, 0.15) is 5.66 Å². The van der Waals surface area contributed by atoms with Gasteiger partial charge in [-0.1, -0.05) is 0 Å². The molecule has 1 aromatic rings.